The van der Waals surface area contributed by atoms with Gasteiger partial charge in [0.25, 0.3) is 5.91 Å². The van der Waals surface area contributed by atoms with Gasteiger partial charge in [-0.05, 0) is 55.8 Å². The van der Waals surface area contributed by atoms with Crippen LogP contribution in [0, 0.1) is 6.92 Å². The summed E-state index contributed by atoms with van der Waals surface area (Å²) in [4.78, 5) is 28.8. The van der Waals surface area contributed by atoms with Crippen LogP contribution in [-0.2, 0) is 9.53 Å². The number of ether oxygens (including phenoxy) is 2. The van der Waals surface area contributed by atoms with Crippen LogP contribution in [0.15, 0.2) is 72.0 Å². The lowest BCUT2D eigenvalue weighted by atomic mass is 10.1. The average Bonchev–Trinajstić information content (AvgIpc) is 3.34. The standard InChI is InChI=1S/C29H33IN6O4/c1-4-5-24(30)25-17-27(36(35-25)21-10-6-19(2)7-11-21)34-29(38)32-20-8-12-22(13-9-20)40-23-14-15-31-26(16-23)33-28(37)18-39-3/h6-16,24,27H,4-5,17-18H2,1-3H3,(H,31,33,37)(H2,32,34,38). The van der Waals surface area contributed by atoms with Crippen molar-refractivity contribution in [2.24, 2.45) is 5.10 Å². The maximum Gasteiger partial charge on any atom is 0.320 e. The van der Waals surface area contributed by atoms with Gasteiger partial charge in [0.05, 0.1) is 15.3 Å². The van der Waals surface area contributed by atoms with E-state index in [0.717, 1.165) is 29.8 Å². The molecule has 210 valence electrons. The van der Waals surface area contributed by atoms with Gasteiger partial charge in [-0.25, -0.2) is 14.8 Å². The van der Waals surface area contributed by atoms with Gasteiger partial charge >= 0.3 is 6.03 Å². The fraction of sp³-hybridized carbons (Fsp3) is 0.310. The minimum absolute atomic E-state index is 0.0641. The van der Waals surface area contributed by atoms with E-state index in [2.05, 4.69) is 50.4 Å². The van der Waals surface area contributed by atoms with E-state index in [1.165, 1.54) is 7.11 Å². The van der Waals surface area contributed by atoms with Crippen LogP contribution in [0.1, 0.15) is 31.7 Å². The van der Waals surface area contributed by atoms with E-state index in [0.29, 0.717) is 33.3 Å². The van der Waals surface area contributed by atoms with E-state index in [1.54, 1.807) is 42.6 Å². The van der Waals surface area contributed by atoms with Gasteiger partial charge in [0.15, 0.2) is 0 Å². The number of methoxy groups -OCH3 is 1. The van der Waals surface area contributed by atoms with Crippen molar-refractivity contribution in [2.45, 2.75) is 43.2 Å². The molecule has 1 aliphatic heterocycles. The Labute approximate surface area is 247 Å². The van der Waals surface area contributed by atoms with Gasteiger partial charge in [-0.1, -0.05) is 53.6 Å². The number of alkyl halides is 1. The minimum Gasteiger partial charge on any atom is -0.457 e. The molecule has 1 aliphatic rings. The Kier molecular flexibility index (Phi) is 10.3. The number of nitrogens with zero attached hydrogens (tertiary/aromatic N) is 3. The number of urea groups is 1. The Morgan fingerprint density at radius 1 is 1.07 bits per heavy atom. The number of carbonyl (C=O) groups is 2. The van der Waals surface area contributed by atoms with Crippen molar-refractivity contribution in [2.75, 3.05) is 29.4 Å². The first kappa shape index (κ1) is 29.3. The van der Waals surface area contributed by atoms with E-state index in [-0.39, 0.29) is 24.7 Å². The Hall–Kier alpha value is -3.71. The summed E-state index contributed by atoms with van der Waals surface area (Å²) >= 11 is 2.44. The smallest absolute Gasteiger partial charge is 0.320 e. The summed E-state index contributed by atoms with van der Waals surface area (Å²) in [5, 5.41) is 15.4. The molecule has 0 bridgehead atoms. The van der Waals surface area contributed by atoms with Crippen LogP contribution in [-0.4, -0.2) is 46.4 Å². The van der Waals surface area contributed by atoms with Gasteiger partial charge in [-0.2, -0.15) is 5.10 Å². The lowest BCUT2D eigenvalue weighted by molar-refractivity contribution is -0.119. The Morgan fingerprint density at radius 2 is 1.82 bits per heavy atom. The minimum atomic E-state index is -0.321. The Bertz CT molecular complexity index is 1330. The molecule has 0 radical (unpaired) electrons. The van der Waals surface area contributed by atoms with Crippen molar-refractivity contribution in [3.05, 3.63) is 72.4 Å². The van der Waals surface area contributed by atoms with E-state index in [1.807, 2.05) is 36.2 Å². The van der Waals surface area contributed by atoms with Gasteiger partial charge in [0.1, 0.15) is 30.1 Å². The highest BCUT2D eigenvalue weighted by atomic mass is 127. The number of hydrogen-bond donors (Lipinski definition) is 3. The average molecular weight is 657 g/mol. The van der Waals surface area contributed by atoms with E-state index >= 15 is 0 Å². The molecule has 10 nitrogen and oxygen atoms in total. The number of anilines is 3. The number of rotatable bonds is 11. The molecule has 3 amide bonds. The van der Waals surface area contributed by atoms with Gasteiger partial charge in [0.2, 0.25) is 0 Å². The van der Waals surface area contributed by atoms with E-state index in [9.17, 15) is 9.59 Å². The molecule has 11 heteroatoms. The number of aryl methyl sites for hydroxylation is 1. The first-order valence-corrected chi connectivity index (χ1v) is 14.3. The van der Waals surface area contributed by atoms with Gasteiger partial charge in [-0.3, -0.25) is 4.79 Å². The molecular formula is C29H33IN6O4. The quantitative estimate of drug-likeness (QED) is 0.170. The summed E-state index contributed by atoms with van der Waals surface area (Å²) in [6.07, 6.45) is 4.01. The van der Waals surface area contributed by atoms with Gasteiger partial charge < -0.3 is 25.4 Å². The number of hydrazone groups is 1. The molecule has 0 spiro atoms. The summed E-state index contributed by atoms with van der Waals surface area (Å²) in [6, 6.07) is 18.1. The zero-order valence-electron chi connectivity index (χ0n) is 22.7. The molecule has 2 aromatic carbocycles. The molecule has 0 saturated carbocycles. The number of carbonyl (C=O) groups excluding carboxylic acids is 2. The van der Waals surface area contributed by atoms with Crippen molar-refractivity contribution in [3.63, 3.8) is 0 Å². The molecule has 2 atom stereocenters. The second-order valence-corrected chi connectivity index (χ2v) is 10.8. The van der Waals surface area contributed by atoms with Crippen molar-refractivity contribution in [1.82, 2.24) is 10.3 Å². The largest absolute Gasteiger partial charge is 0.457 e. The SMILES string of the molecule is CCCC(I)C1=NN(c2ccc(C)cc2)C(NC(=O)Nc2ccc(Oc3ccnc(NC(=O)COC)c3)cc2)C1. The second-order valence-electron chi connectivity index (χ2n) is 9.33. The summed E-state index contributed by atoms with van der Waals surface area (Å²) < 4.78 is 11.0. The van der Waals surface area contributed by atoms with Crippen molar-refractivity contribution in [1.29, 1.82) is 0 Å². The highest BCUT2D eigenvalue weighted by molar-refractivity contribution is 14.1. The third-order valence-electron chi connectivity index (χ3n) is 6.06. The predicted molar refractivity (Wildman–Crippen MR) is 166 cm³/mol. The second kappa shape index (κ2) is 14.1. The molecule has 3 N–H and O–H groups in total. The third kappa shape index (κ3) is 8.15. The zero-order valence-corrected chi connectivity index (χ0v) is 24.8. The predicted octanol–water partition coefficient (Wildman–Crippen LogP) is 6.08. The molecule has 3 aromatic rings. The van der Waals surface area contributed by atoms with Crippen molar-refractivity contribution >= 4 is 57.4 Å². The van der Waals surface area contributed by atoms with E-state index in [4.69, 9.17) is 14.6 Å². The van der Waals surface area contributed by atoms with Crippen molar-refractivity contribution in [3.8, 4) is 11.5 Å². The number of nitrogens with one attached hydrogen (secondary N) is 3. The van der Waals surface area contributed by atoms with Crippen LogP contribution < -0.4 is 25.7 Å². The highest BCUT2D eigenvalue weighted by Crippen LogP contribution is 2.28. The number of halogens is 1. The van der Waals surface area contributed by atoms with Crippen LogP contribution in [0.3, 0.4) is 0 Å². The molecular weight excluding hydrogens is 623 g/mol. The topological polar surface area (TPSA) is 117 Å². The summed E-state index contributed by atoms with van der Waals surface area (Å²) in [5.41, 5.74) is 3.79. The number of pyridine rings is 1. The number of aromatic nitrogens is 1. The lowest BCUT2D eigenvalue weighted by Gasteiger charge is -2.24. The molecule has 40 heavy (non-hydrogen) atoms. The maximum atomic E-state index is 13.0. The molecule has 0 fully saturated rings. The molecule has 2 heterocycles. The number of benzene rings is 2. The van der Waals surface area contributed by atoms with Crippen molar-refractivity contribution < 1.29 is 19.1 Å². The molecule has 0 aliphatic carbocycles. The monoisotopic (exact) mass is 656 g/mol. The fourth-order valence-electron chi connectivity index (χ4n) is 4.11. The third-order valence-corrected chi connectivity index (χ3v) is 7.40. The summed E-state index contributed by atoms with van der Waals surface area (Å²) in [7, 11) is 1.45. The van der Waals surface area contributed by atoms with Crippen LogP contribution >= 0.6 is 22.6 Å². The normalized spacial score (nSPS) is 15.2. The maximum absolute atomic E-state index is 13.0. The van der Waals surface area contributed by atoms with Gasteiger partial charge in [0, 0.05) is 31.5 Å². The zero-order chi connectivity index (χ0) is 28.5. The number of amides is 3. The summed E-state index contributed by atoms with van der Waals surface area (Å²) in [5.74, 6) is 1.12. The van der Waals surface area contributed by atoms with Crippen LogP contribution in [0.4, 0.5) is 22.0 Å². The summed E-state index contributed by atoms with van der Waals surface area (Å²) in [6.45, 7) is 4.14. The van der Waals surface area contributed by atoms with Crippen LogP contribution in [0.25, 0.3) is 0 Å². The molecule has 4 rings (SSSR count). The highest BCUT2D eigenvalue weighted by Gasteiger charge is 2.31. The van der Waals surface area contributed by atoms with Crippen LogP contribution in [0.2, 0.25) is 0 Å². The molecule has 0 saturated heterocycles. The van der Waals surface area contributed by atoms with E-state index < -0.39 is 0 Å². The first-order valence-electron chi connectivity index (χ1n) is 13.0. The fourth-order valence-corrected chi connectivity index (χ4v) is 5.11. The number of hydrogen-bond acceptors (Lipinski definition) is 7. The molecule has 1 aromatic heterocycles. The first-order chi connectivity index (χ1) is 19.3. The van der Waals surface area contributed by atoms with Crippen LogP contribution in [0.5, 0.6) is 11.5 Å². The Morgan fingerprint density at radius 3 is 2.52 bits per heavy atom. The van der Waals surface area contributed by atoms with Gasteiger partial charge in [-0.15, -0.1) is 0 Å². The lowest BCUT2D eigenvalue weighted by Crippen LogP contribution is -2.45. The molecule has 2 unspecified atom stereocenters. The Balaban J connectivity index is 1.36.